The van der Waals surface area contributed by atoms with E-state index in [4.69, 9.17) is 5.26 Å². The van der Waals surface area contributed by atoms with Gasteiger partial charge in [0.25, 0.3) is 0 Å². The van der Waals surface area contributed by atoms with Gasteiger partial charge in [-0.3, -0.25) is 4.79 Å². The van der Waals surface area contributed by atoms with Crippen LogP contribution in [0.1, 0.15) is 31.4 Å². The summed E-state index contributed by atoms with van der Waals surface area (Å²) in [5, 5.41) is 11.6. The predicted molar refractivity (Wildman–Crippen MR) is 64.9 cm³/mol. The molecule has 1 aliphatic rings. The number of carbonyl (C=O) groups is 1. The molecule has 2 rings (SSSR count). The minimum absolute atomic E-state index is 0.138. The average Bonchev–Trinajstić information content (AvgIpc) is 2.96. The van der Waals surface area contributed by atoms with Crippen molar-refractivity contribution in [3.63, 3.8) is 0 Å². The molecule has 3 heteroatoms. The Labute approximate surface area is 101 Å². The number of hydrogen-bond acceptors (Lipinski definition) is 2. The van der Waals surface area contributed by atoms with E-state index in [-0.39, 0.29) is 17.2 Å². The van der Waals surface area contributed by atoms with Crippen LogP contribution in [-0.4, -0.2) is 5.91 Å². The minimum Gasteiger partial charge on any atom is -0.352 e. The maximum absolute atomic E-state index is 11.8. The Morgan fingerprint density at radius 1 is 1.47 bits per heavy atom. The van der Waals surface area contributed by atoms with Crippen molar-refractivity contribution in [3.05, 3.63) is 35.4 Å². The number of amides is 1. The summed E-state index contributed by atoms with van der Waals surface area (Å²) in [6.07, 6.45) is 0.978. The summed E-state index contributed by atoms with van der Waals surface area (Å²) in [6, 6.07) is 9.35. The van der Waals surface area contributed by atoms with Crippen molar-refractivity contribution >= 4 is 5.91 Å². The number of benzene rings is 1. The van der Waals surface area contributed by atoms with Gasteiger partial charge < -0.3 is 5.32 Å². The molecule has 88 valence electrons. The van der Waals surface area contributed by atoms with Crippen LogP contribution in [0, 0.1) is 22.7 Å². The SMILES string of the molecule is CC1(C)CC1C(=O)NCc1ccc(C#N)cc1. The summed E-state index contributed by atoms with van der Waals surface area (Å²) in [5.41, 5.74) is 1.84. The van der Waals surface area contributed by atoms with E-state index >= 15 is 0 Å². The van der Waals surface area contributed by atoms with Crippen molar-refractivity contribution in [1.29, 1.82) is 5.26 Å². The molecule has 1 amide bonds. The molecule has 3 nitrogen and oxygen atoms in total. The molecule has 1 aromatic carbocycles. The lowest BCUT2D eigenvalue weighted by atomic mass is 10.1. The fourth-order valence-corrected chi connectivity index (χ4v) is 1.92. The summed E-state index contributed by atoms with van der Waals surface area (Å²) in [7, 11) is 0. The second-order valence-corrected chi connectivity index (χ2v) is 5.27. The Hall–Kier alpha value is -1.82. The number of nitriles is 1. The van der Waals surface area contributed by atoms with Crippen LogP contribution in [0.25, 0.3) is 0 Å². The molecule has 0 bridgehead atoms. The van der Waals surface area contributed by atoms with Crippen LogP contribution in [0.4, 0.5) is 0 Å². The highest BCUT2D eigenvalue weighted by Crippen LogP contribution is 2.51. The third kappa shape index (κ3) is 2.65. The molecular weight excluding hydrogens is 212 g/mol. The lowest BCUT2D eigenvalue weighted by Gasteiger charge is -2.06. The fourth-order valence-electron chi connectivity index (χ4n) is 1.92. The van der Waals surface area contributed by atoms with E-state index in [1.165, 1.54) is 0 Å². The summed E-state index contributed by atoms with van der Waals surface area (Å²) in [5.74, 6) is 0.306. The summed E-state index contributed by atoms with van der Waals surface area (Å²) < 4.78 is 0. The van der Waals surface area contributed by atoms with Crippen molar-refractivity contribution in [2.45, 2.75) is 26.8 Å². The standard InChI is InChI=1S/C14H16N2O/c1-14(2)7-12(14)13(17)16-9-11-5-3-10(8-15)4-6-11/h3-6,12H,7,9H2,1-2H3,(H,16,17). The summed E-state index contributed by atoms with van der Waals surface area (Å²) >= 11 is 0. The van der Waals surface area contributed by atoms with E-state index in [1.807, 2.05) is 12.1 Å². The smallest absolute Gasteiger partial charge is 0.223 e. The highest BCUT2D eigenvalue weighted by molar-refractivity contribution is 5.82. The molecule has 1 atom stereocenters. The highest BCUT2D eigenvalue weighted by atomic mass is 16.2. The normalized spacial score (nSPS) is 20.4. The van der Waals surface area contributed by atoms with Gasteiger partial charge in [-0.1, -0.05) is 26.0 Å². The molecule has 1 aliphatic carbocycles. The van der Waals surface area contributed by atoms with Crippen LogP contribution >= 0.6 is 0 Å². The van der Waals surface area contributed by atoms with E-state index in [0.29, 0.717) is 12.1 Å². The monoisotopic (exact) mass is 228 g/mol. The Morgan fingerprint density at radius 3 is 2.53 bits per heavy atom. The van der Waals surface area contributed by atoms with Gasteiger partial charge in [0.05, 0.1) is 11.6 Å². The zero-order valence-electron chi connectivity index (χ0n) is 10.2. The topological polar surface area (TPSA) is 52.9 Å². The third-order valence-corrected chi connectivity index (χ3v) is 3.38. The molecule has 0 radical (unpaired) electrons. The van der Waals surface area contributed by atoms with Gasteiger partial charge in [0, 0.05) is 12.5 Å². The van der Waals surface area contributed by atoms with E-state index in [2.05, 4.69) is 25.2 Å². The van der Waals surface area contributed by atoms with Crippen molar-refractivity contribution in [2.24, 2.45) is 11.3 Å². The van der Waals surface area contributed by atoms with Gasteiger partial charge in [-0.2, -0.15) is 5.26 Å². The second kappa shape index (κ2) is 4.21. The number of nitrogens with zero attached hydrogens (tertiary/aromatic N) is 1. The van der Waals surface area contributed by atoms with Gasteiger partial charge in [0.15, 0.2) is 0 Å². The van der Waals surface area contributed by atoms with Crippen LogP contribution in [0.2, 0.25) is 0 Å². The Balaban J connectivity index is 1.86. The second-order valence-electron chi connectivity index (χ2n) is 5.27. The van der Waals surface area contributed by atoms with Gasteiger partial charge in [-0.25, -0.2) is 0 Å². The van der Waals surface area contributed by atoms with Crippen molar-refractivity contribution in [3.8, 4) is 6.07 Å². The third-order valence-electron chi connectivity index (χ3n) is 3.38. The number of carbonyl (C=O) groups excluding carboxylic acids is 1. The molecule has 1 fully saturated rings. The first-order valence-electron chi connectivity index (χ1n) is 5.80. The first-order valence-corrected chi connectivity index (χ1v) is 5.80. The van der Waals surface area contributed by atoms with Gasteiger partial charge in [-0.15, -0.1) is 0 Å². The zero-order chi connectivity index (χ0) is 12.5. The predicted octanol–water partition coefficient (Wildman–Crippen LogP) is 2.22. The molecule has 0 aromatic heterocycles. The molecule has 0 heterocycles. The molecule has 0 spiro atoms. The maximum Gasteiger partial charge on any atom is 0.223 e. The molecule has 1 aromatic rings. The molecule has 1 unspecified atom stereocenters. The van der Waals surface area contributed by atoms with Crippen LogP contribution in [0.3, 0.4) is 0 Å². The molecule has 1 saturated carbocycles. The maximum atomic E-state index is 11.8. The van der Waals surface area contributed by atoms with Crippen LogP contribution in [0.15, 0.2) is 24.3 Å². The molecular formula is C14H16N2O. The first-order chi connectivity index (χ1) is 8.03. The van der Waals surface area contributed by atoms with Crippen LogP contribution in [-0.2, 0) is 11.3 Å². The van der Waals surface area contributed by atoms with Crippen molar-refractivity contribution in [2.75, 3.05) is 0 Å². The number of rotatable bonds is 3. The zero-order valence-corrected chi connectivity index (χ0v) is 10.2. The van der Waals surface area contributed by atoms with E-state index in [9.17, 15) is 4.79 Å². The molecule has 0 aliphatic heterocycles. The highest BCUT2D eigenvalue weighted by Gasteiger charge is 2.50. The number of hydrogen-bond donors (Lipinski definition) is 1. The van der Waals surface area contributed by atoms with Crippen molar-refractivity contribution in [1.82, 2.24) is 5.32 Å². The van der Waals surface area contributed by atoms with Gasteiger partial charge >= 0.3 is 0 Å². The number of nitrogens with one attached hydrogen (secondary N) is 1. The lowest BCUT2D eigenvalue weighted by molar-refractivity contribution is -0.123. The fraction of sp³-hybridized carbons (Fsp3) is 0.429. The van der Waals surface area contributed by atoms with Gasteiger partial charge in [0.1, 0.15) is 0 Å². The van der Waals surface area contributed by atoms with Crippen LogP contribution < -0.4 is 5.32 Å². The van der Waals surface area contributed by atoms with E-state index in [0.717, 1.165) is 12.0 Å². The minimum atomic E-state index is 0.138. The van der Waals surface area contributed by atoms with Crippen LogP contribution in [0.5, 0.6) is 0 Å². The van der Waals surface area contributed by atoms with E-state index < -0.39 is 0 Å². The average molecular weight is 228 g/mol. The van der Waals surface area contributed by atoms with Gasteiger partial charge in [0.2, 0.25) is 5.91 Å². The summed E-state index contributed by atoms with van der Waals surface area (Å²) in [4.78, 5) is 11.8. The molecule has 17 heavy (non-hydrogen) atoms. The van der Waals surface area contributed by atoms with Crippen molar-refractivity contribution < 1.29 is 4.79 Å². The van der Waals surface area contributed by atoms with Gasteiger partial charge in [-0.05, 0) is 29.5 Å². The molecule has 0 saturated heterocycles. The largest absolute Gasteiger partial charge is 0.352 e. The Morgan fingerprint density at radius 2 is 2.06 bits per heavy atom. The Kier molecular flexibility index (Phi) is 2.89. The first kappa shape index (κ1) is 11.7. The van der Waals surface area contributed by atoms with E-state index in [1.54, 1.807) is 12.1 Å². The quantitative estimate of drug-likeness (QED) is 0.862. The molecule has 1 N–H and O–H groups in total. The lowest BCUT2D eigenvalue weighted by Crippen LogP contribution is -2.25. The Bertz CT molecular complexity index is 468. The summed E-state index contributed by atoms with van der Waals surface area (Å²) in [6.45, 7) is 4.76.